The number of epoxide rings is 1. The zero-order valence-electron chi connectivity index (χ0n) is 17.7. The molecule has 1 aliphatic carbocycles. The maximum absolute atomic E-state index is 6.74. The molecule has 0 spiro atoms. The molecule has 8 heteroatoms. The second-order valence-corrected chi connectivity index (χ2v) is 24.8. The van der Waals surface area contributed by atoms with Crippen LogP contribution in [0.15, 0.2) is 0 Å². The number of hydrogen-bond donors (Lipinski definition) is 0. The molecule has 4 unspecified atom stereocenters. The Morgan fingerprint density at radius 2 is 1.64 bits per heavy atom. The monoisotopic (exact) mass is 420 g/mol. The molecule has 2 rings (SSSR count). The van der Waals surface area contributed by atoms with Gasteiger partial charge < -0.3 is 17.4 Å². The third-order valence-electron chi connectivity index (χ3n) is 4.86. The highest BCUT2D eigenvalue weighted by Crippen LogP contribution is 2.42. The lowest BCUT2D eigenvalue weighted by atomic mass is 9.88. The quantitative estimate of drug-likeness (QED) is 0.381. The molecule has 0 N–H and O–H groups in total. The first-order valence-electron chi connectivity index (χ1n) is 10.1. The van der Waals surface area contributed by atoms with Crippen molar-refractivity contribution in [3.05, 3.63) is 0 Å². The molecule has 148 valence electrons. The van der Waals surface area contributed by atoms with Crippen LogP contribution in [0.5, 0.6) is 0 Å². The second kappa shape index (κ2) is 8.38. The Morgan fingerprint density at radius 1 is 0.960 bits per heavy atom. The highest BCUT2D eigenvalue weighted by atomic mass is 28.5. The van der Waals surface area contributed by atoms with E-state index in [0.717, 1.165) is 18.2 Å². The molecule has 0 aromatic carbocycles. The van der Waals surface area contributed by atoms with Crippen LogP contribution in [0.4, 0.5) is 0 Å². The molecule has 4 atom stereocenters. The van der Waals surface area contributed by atoms with Crippen molar-refractivity contribution in [2.45, 2.75) is 96.3 Å². The lowest BCUT2D eigenvalue weighted by Gasteiger charge is -2.39. The van der Waals surface area contributed by atoms with Crippen LogP contribution in [0.3, 0.4) is 0 Å². The van der Waals surface area contributed by atoms with E-state index in [4.69, 9.17) is 17.4 Å². The van der Waals surface area contributed by atoms with E-state index in [0.29, 0.717) is 12.2 Å². The molecule has 1 saturated carbocycles. The average molecular weight is 421 g/mol. The van der Waals surface area contributed by atoms with Gasteiger partial charge in [-0.2, -0.15) is 0 Å². The van der Waals surface area contributed by atoms with Crippen molar-refractivity contribution in [2.24, 2.45) is 5.92 Å². The van der Waals surface area contributed by atoms with Gasteiger partial charge in [0.1, 0.15) is 0 Å². The first-order valence-corrected chi connectivity index (χ1v) is 21.9. The minimum absolute atomic E-state index is 0.567. The van der Waals surface area contributed by atoms with Gasteiger partial charge in [0.05, 0.1) is 21.0 Å². The molecule has 0 aromatic rings. The van der Waals surface area contributed by atoms with Crippen molar-refractivity contribution in [1.29, 1.82) is 0 Å². The van der Waals surface area contributed by atoms with Gasteiger partial charge in [-0.3, -0.25) is 0 Å². The van der Waals surface area contributed by atoms with Gasteiger partial charge in [0.15, 0.2) is 8.32 Å². The topological polar surface area (TPSA) is 40.2 Å². The van der Waals surface area contributed by atoms with Crippen molar-refractivity contribution in [2.75, 3.05) is 6.23 Å². The fraction of sp³-hybridized carbons (Fsp3) is 1.00. The molecule has 2 fully saturated rings. The van der Waals surface area contributed by atoms with Crippen LogP contribution in [0.2, 0.25) is 58.4 Å². The summed E-state index contributed by atoms with van der Waals surface area (Å²) in [7, 11) is -6.68. The van der Waals surface area contributed by atoms with Crippen molar-refractivity contribution >= 4 is 34.2 Å². The van der Waals surface area contributed by atoms with Gasteiger partial charge in [-0.1, -0.05) is 13.1 Å². The van der Waals surface area contributed by atoms with E-state index in [-0.39, 0.29) is 0 Å². The van der Waals surface area contributed by atoms with Gasteiger partial charge in [-0.15, -0.1) is 0 Å². The van der Waals surface area contributed by atoms with E-state index < -0.39 is 34.2 Å². The summed E-state index contributed by atoms with van der Waals surface area (Å²) in [5.74, 6) is 0.793. The molecule has 1 aliphatic heterocycles. The Hall–Kier alpha value is 0.708. The summed E-state index contributed by atoms with van der Waals surface area (Å²) in [5.41, 5.74) is 0. The molecule has 25 heavy (non-hydrogen) atoms. The SMILES string of the molecule is C[SiH](C)CO[Si](C)(CCC1CCC2OC2C1)O[Si](C)(C)O[Si](C)(C)C. The standard InChI is InChI=1S/C17H40O4Si4/c1-22(2)14-18-25(8,21-24(6,7)20-23(3,4)5)12-11-15-9-10-16-17(13-15)19-16/h15-17,22H,9-14H2,1-8H3. The predicted octanol–water partition coefficient (Wildman–Crippen LogP) is 4.63. The maximum atomic E-state index is 6.74. The van der Waals surface area contributed by atoms with E-state index in [1.54, 1.807) is 0 Å². The smallest absolute Gasteiger partial charge is 0.325 e. The van der Waals surface area contributed by atoms with Gasteiger partial charge in [0.2, 0.25) is 0 Å². The van der Waals surface area contributed by atoms with Crippen molar-refractivity contribution in [3.63, 3.8) is 0 Å². The largest absolute Gasteiger partial charge is 0.437 e. The van der Waals surface area contributed by atoms with E-state index >= 15 is 0 Å². The van der Waals surface area contributed by atoms with Crippen LogP contribution in [-0.2, 0) is 17.4 Å². The Morgan fingerprint density at radius 3 is 2.20 bits per heavy atom. The minimum Gasteiger partial charge on any atom is -0.437 e. The molecule has 0 radical (unpaired) electrons. The lowest BCUT2D eigenvalue weighted by Crippen LogP contribution is -2.54. The van der Waals surface area contributed by atoms with Crippen molar-refractivity contribution < 1.29 is 17.4 Å². The molecule has 2 aliphatic rings. The van der Waals surface area contributed by atoms with Gasteiger partial charge >= 0.3 is 17.1 Å². The zero-order chi connectivity index (χ0) is 18.9. The minimum atomic E-state index is -2.19. The summed E-state index contributed by atoms with van der Waals surface area (Å²) < 4.78 is 25.4. The van der Waals surface area contributed by atoms with Crippen LogP contribution in [0.1, 0.15) is 25.7 Å². The van der Waals surface area contributed by atoms with E-state index in [2.05, 4.69) is 52.4 Å². The van der Waals surface area contributed by atoms with Crippen molar-refractivity contribution in [3.8, 4) is 0 Å². The third-order valence-corrected chi connectivity index (χ3v) is 16.1. The van der Waals surface area contributed by atoms with Crippen molar-refractivity contribution in [1.82, 2.24) is 0 Å². The van der Waals surface area contributed by atoms with Crippen LogP contribution in [0, 0.1) is 5.92 Å². The van der Waals surface area contributed by atoms with Crippen LogP contribution in [-0.4, -0.2) is 52.7 Å². The predicted molar refractivity (Wildman–Crippen MR) is 115 cm³/mol. The highest BCUT2D eigenvalue weighted by molar-refractivity contribution is 6.86. The summed E-state index contributed by atoms with van der Waals surface area (Å²) in [4.78, 5) is 0. The molecular weight excluding hydrogens is 381 g/mol. The first-order chi connectivity index (χ1) is 11.4. The van der Waals surface area contributed by atoms with Crippen LogP contribution in [0.25, 0.3) is 0 Å². The fourth-order valence-corrected chi connectivity index (χ4v) is 19.1. The number of fused-ring (bicyclic) bond motifs is 1. The first kappa shape index (κ1) is 22.0. The number of rotatable bonds is 10. The summed E-state index contributed by atoms with van der Waals surface area (Å²) in [6, 6.07) is 1.10. The third kappa shape index (κ3) is 8.08. The Kier molecular flexibility index (Phi) is 7.38. The van der Waals surface area contributed by atoms with Crippen LogP contribution < -0.4 is 0 Å². The number of ether oxygens (including phenoxy) is 1. The van der Waals surface area contributed by atoms with Gasteiger partial charge in [0, 0.05) is 6.23 Å². The van der Waals surface area contributed by atoms with E-state index in [1.165, 1.54) is 25.7 Å². The molecule has 1 heterocycles. The lowest BCUT2D eigenvalue weighted by molar-refractivity contribution is 0.250. The molecule has 1 saturated heterocycles. The molecule has 0 aromatic heterocycles. The molecular formula is C17H40O4Si4. The summed E-state index contributed by atoms with van der Waals surface area (Å²) in [5, 5.41) is 0. The Labute approximate surface area is 160 Å². The van der Waals surface area contributed by atoms with Gasteiger partial charge in [-0.05, 0) is 76.9 Å². The Balaban J connectivity index is 1.93. The fourth-order valence-electron chi connectivity index (χ4n) is 3.99. The number of hydrogen-bond acceptors (Lipinski definition) is 4. The van der Waals surface area contributed by atoms with Crippen LogP contribution >= 0.6 is 0 Å². The zero-order valence-corrected chi connectivity index (χ0v) is 21.8. The summed E-state index contributed by atoms with van der Waals surface area (Å²) in [6.07, 6.45) is 7.14. The maximum Gasteiger partial charge on any atom is 0.325 e. The van der Waals surface area contributed by atoms with Gasteiger partial charge in [-0.25, -0.2) is 0 Å². The average Bonchev–Trinajstić information content (AvgIpc) is 3.18. The summed E-state index contributed by atoms with van der Waals surface area (Å²) in [6.45, 7) is 18.1. The highest BCUT2D eigenvalue weighted by Gasteiger charge is 2.46. The summed E-state index contributed by atoms with van der Waals surface area (Å²) >= 11 is 0. The molecule has 4 nitrogen and oxygen atoms in total. The second-order valence-electron chi connectivity index (χ2n) is 9.99. The van der Waals surface area contributed by atoms with E-state index in [9.17, 15) is 0 Å². The molecule has 0 amide bonds. The van der Waals surface area contributed by atoms with Gasteiger partial charge in [0.25, 0.3) is 0 Å². The van der Waals surface area contributed by atoms with E-state index in [1.807, 2.05) is 0 Å². The normalized spacial score (nSPS) is 29.4. The Bertz CT molecular complexity index is 441. The molecule has 0 bridgehead atoms.